The van der Waals surface area contributed by atoms with E-state index in [0.29, 0.717) is 6.61 Å². The van der Waals surface area contributed by atoms with Gasteiger partial charge >= 0.3 is 0 Å². The highest BCUT2D eigenvalue weighted by Gasteiger charge is 1.97. The summed E-state index contributed by atoms with van der Waals surface area (Å²) in [6.07, 6.45) is 0. The Labute approximate surface area is 143 Å². The van der Waals surface area contributed by atoms with Gasteiger partial charge < -0.3 is 15.4 Å². The highest BCUT2D eigenvalue weighted by Crippen LogP contribution is 2.17. The Balaban J connectivity index is 0.00000361. The summed E-state index contributed by atoms with van der Waals surface area (Å²) in [6, 6.07) is 8.60. The van der Waals surface area contributed by atoms with Crippen LogP contribution in [0.15, 0.2) is 34.2 Å². The third-order valence-electron chi connectivity index (χ3n) is 2.51. The summed E-state index contributed by atoms with van der Waals surface area (Å²) in [7, 11) is 3.46. The van der Waals surface area contributed by atoms with E-state index in [1.54, 1.807) is 14.2 Å². The number of thioether (sulfide) groups is 1. The van der Waals surface area contributed by atoms with Gasteiger partial charge in [-0.05, 0) is 19.1 Å². The van der Waals surface area contributed by atoms with E-state index in [4.69, 9.17) is 4.74 Å². The molecule has 0 bridgehead atoms. The molecule has 0 saturated carbocycles. The SMILES string of the molecule is CN=C(NCCOC)NCCSc1ccc(C)cc1.I. The van der Waals surface area contributed by atoms with Gasteiger partial charge in [-0.2, -0.15) is 0 Å². The Morgan fingerprint density at radius 3 is 2.45 bits per heavy atom. The van der Waals surface area contributed by atoms with E-state index in [9.17, 15) is 0 Å². The van der Waals surface area contributed by atoms with Crippen LogP contribution in [0.2, 0.25) is 0 Å². The van der Waals surface area contributed by atoms with Crippen LogP contribution < -0.4 is 10.6 Å². The minimum Gasteiger partial charge on any atom is -0.383 e. The van der Waals surface area contributed by atoms with Crippen molar-refractivity contribution >= 4 is 41.7 Å². The fraction of sp³-hybridized carbons (Fsp3) is 0.500. The van der Waals surface area contributed by atoms with E-state index in [1.807, 2.05) is 11.8 Å². The monoisotopic (exact) mass is 409 g/mol. The standard InChI is InChI=1S/C14H23N3OS.HI/c1-12-4-6-13(7-5-12)19-11-9-17-14(15-2)16-8-10-18-3;/h4-7H,8-11H2,1-3H3,(H2,15,16,17);1H. The van der Waals surface area contributed by atoms with Crippen LogP contribution in [-0.4, -0.2) is 45.6 Å². The first-order valence-electron chi connectivity index (χ1n) is 6.39. The molecular formula is C14H24IN3OS. The molecule has 0 saturated heterocycles. The van der Waals surface area contributed by atoms with Gasteiger partial charge in [0.2, 0.25) is 0 Å². The Morgan fingerprint density at radius 2 is 1.85 bits per heavy atom. The maximum Gasteiger partial charge on any atom is 0.191 e. The molecule has 0 spiro atoms. The summed E-state index contributed by atoms with van der Waals surface area (Å²) in [6.45, 7) is 4.43. The zero-order valence-corrected chi connectivity index (χ0v) is 15.5. The van der Waals surface area contributed by atoms with Crippen molar-refractivity contribution in [3.05, 3.63) is 29.8 Å². The average Bonchev–Trinajstić information content (AvgIpc) is 2.43. The maximum absolute atomic E-state index is 4.98. The van der Waals surface area contributed by atoms with Crippen molar-refractivity contribution in [3.63, 3.8) is 0 Å². The molecule has 0 atom stereocenters. The van der Waals surface area contributed by atoms with Crippen molar-refractivity contribution in [2.24, 2.45) is 4.99 Å². The molecule has 2 N–H and O–H groups in total. The first-order chi connectivity index (χ1) is 9.26. The number of ether oxygens (including phenoxy) is 1. The molecule has 0 aliphatic rings. The number of aryl methyl sites for hydroxylation is 1. The van der Waals surface area contributed by atoms with E-state index >= 15 is 0 Å². The fourth-order valence-corrected chi connectivity index (χ4v) is 2.23. The number of halogens is 1. The largest absolute Gasteiger partial charge is 0.383 e. The number of rotatable bonds is 7. The average molecular weight is 409 g/mol. The van der Waals surface area contributed by atoms with Crippen molar-refractivity contribution < 1.29 is 4.74 Å². The van der Waals surface area contributed by atoms with E-state index in [1.165, 1.54) is 10.5 Å². The summed E-state index contributed by atoms with van der Waals surface area (Å²) in [4.78, 5) is 5.45. The second-order valence-electron chi connectivity index (χ2n) is 4.08. The van der Waals surface area contributed by atoms with Crippen LogP contribution in [0.3, 0.4) is 0 Å². The van der Waals surface area contributed by atoms with Crippen LogP contribution >= 0.6 is 35.7 Å². The van der Waals surface area contributed by atoms with Crippen LogP contribution in [0.4, 0.5) is 0 Å². The van der Waals surface area contributed by atoms with E-state index in [2.05, 4.69) is 46.8 Å². The summed E-state index contributed by atoms with van der Waals surface area (Å²) in [5, 5.41) is 6.45. The lowest BCUT2D eigenvalue weighted by Crippen LogP contribution is -2.39. The Bertz CT molecular complexity index is 385. The zero-order valence-electron chi connectivity index (χ0n) is 12.3. The number of nitrogens with one attached hydrogen (secondary N) is 2. The molecule has 0 radical (unpaired) electrons. The van der Waals surface area contributed by atoms with Gasteiger partial charge in [-0.25, -0.2) is 0 Å². The normalized spacial score (nSPS) is 10.8. The van der Waals surface area contributed by atoms with Crippen molar-refractivity contribution in [2.75, 3.05) is 39.6 Å². The number of benzene rings is 1. The third-order valence-corrected chi connectivity index (χ3v) is 3.52. The lowest BCUT2D eigenvalue weighted by molar-refractivity contribution is 0.203. The molecule has 0 amide bonds. The van der Waals surface area contributed by atoms with Gasteiger partial charge in [0.1, 0.15) is 0 Å². The minimum atomic E-state index is 0. The summed E-state index contributed by atoms with van der Waals surface area (Å²) >= 11 is 1.84. The summed E-state index contributed by atoms with van der Waals surface area (Å²) in [5.41, 5.74) is 1.30. The van der Waals surface area contributed by atoms with Gasteiger partial charge in [-0.1, -0.05) is 17.7 Å². The van der Waals surface area contributed by atoms with Crippen LogP contribution in [0.5, 0.6) is 0 Å². The number of hydrogen-bond acceptors (Lipinski definition) is 3. The highest BCUT2D eigenvalue weighted by atomic mass is 127. The lowest BCUT2D eigenvalue weighted by atomic mass is 10.2. The molecule has 114 valence electrons. The first-order valence-corrected chi connectivity index (χ1v) is 7.37. The number of nitrogens with zero attached hydrogens (tertiary/aromatic N) is 1. The van der Waals surface area contributed by atoms with Gasteiger partial charge in [0.25, 0.3) is 0 Å². The van der Waals surface area contributed by atoms with Crippen molar-refractivity contribution in [2.45, 2.75) is 11.8 Å². The number of aliphatic imine (C=N–C) groups is 1. The number of methoxy groups -OCH3 is 1. The number of hydrogen-bond donors (Lipinski definition) is 2. The maximum atomic E-state index is 4.98. The molecule has 1 rings (SSSR count). The predicted octanol–water partition coefficient (Wildman–Crippen LogP) is 2.52. The van der Waals surface area contributed by atoms with Crippen molar-refractivity contribution in [1.82, 2.24) is 10.6 Å². The highest BCUT2D eigenvalue weighted by molar-refractivity contribution is 14.0. The fourth-order valence-electron chi connectivity index (χ4n) is 1.46. The van der Waals surface area contributed by atoms with E-state index in [-0.39, 0.29) is 24.0 Å². The Hall–Kier alpha value is -0.470. The second-order valence-corrected chi connectivity index (χ2v) is 5.25. The molecule has 0 unspecified atom stereocenters. The molecule has 1 aromatic rings. The molecule has 0 heterocycles. The molecule has 1 aromatic carbocycles. The second kappa shape index (κ2) is 12.3. The van der Waals surface area contributed by atoms with Gasteiger partial charge in [0, 0.05) is 37.9 Å². The topological polar surface area (TPSA) is 45.7 Å². The smallest absolute Gasteiger partial charge is 0.191 e. The molecule has 0 aromatic heterocycles. The molecule has 0 aliphatic heterocycles. The third kappa shape index (κ3) is 8.65. The van der Waals surface area contributed by atoms with Gasteiger partial charge in [0.05, 0.1) is 6.61 Å². The Morgan fingerprint density at radius 1 is 1.20 bits per heavy atom. The van der Waals surface area contributed by atoms with Crippen molar-refractivity contribution in [3.8, 4) is 0 Å². The molecular weight excluding hydrogens is 385 g/mol. The van der Waals surface area contributed by atoms with Crippen LogP contribution in [-0.2, 0) is 4.74 Å². The molecule has 20 heavy (non-hydrogen) atoms. The van der Waals surface area contributed by atoms with Gasteiger partial charge in [-0.15, -0.1) is 35.7 Å². The molecule has 0 fully saturated rings. The predicted molar refractivity (Wildman–Crippen MR) is 98.6 cm³/mol. The van der Waals surface area contributed by atoms with E-state index in [0.717, 1.165) is 24.8 Å². The molecule has 0 aliphatic carbocycles. The van der Waals surface area contributed by atoms with Gasteiger partial charge in [-0.3, -0.25) is 4.99 Å². The molecule has 4 nitrogen and oxygen atoms in total. The van der Waals surface area contributed by atoms with Crippen molar-refractivity contribution in [1.29, 1.82) is 0 Å². The first kappa shape index (κ1) is 19.5. The van der Waals surface area contributed by atoms with Gasteiger partial charge in [0.15, 0.2) is 5.96 Å². The van der Waals surface area contributed by atoms with Crippen LogP contribution in [0.1, 0.15) is 5.56 Å². The van der Waals surface area contributed by atoms with Crippen LogP contribution in [0.25, 0.3) is 0 Å². The minimum absolute atomic E-state index is 0. The zero-order chi connectivity index (χ0) is 13.9. The molecule has 6 heteroatoms. The Kier molecular flexibility index (Phi) is 12.0. The summed E-state index contributed by atoms with van der Waals surface area (Å²) in [5.74, 6) is 1.83. The quantitative estimate of drug-likeness (QED) is 0.239. The van der Waals surface area contributed by atoms with Crippen LogP contribution in [0, 0.1) is 6.92 Å². The summed E-state index contributed by atoms with van der Waals surface area (Å²) < 4.78 is 4.98. The lowest BCUT2D eigenvalue weighted by Gasteiger charge is -2.11. The number of guanidine groups is 1. The van der Waals surface area contributed by atoms with E-state index < -0.39 is 0 Å².